The van der Waals surface area contributed by atoms with Gasteiger partial charge in [-0.05, 0) is 75.4 Å². The maximum atomic E-state index is 12.9. The molecular weight excluding hydrogens is 644 g/mol. The smallest absolute Gasteiger partial charge is 0.408 e. The molecular formula is C21H19I2N3O4S. The van der Waals surface area contributed by atoms with Gasteiger partial charge in [0, 0.05) is 11.8 Å². The molecule has 0 unspecified atom stereocenters. The van der Waals surface area contributed by atoms with E-state index in [-0.39, 0.29) is 18.8 Å². The van der Waals surface area contributed by atoms with E-state index in [9.17, 15) is 14.7 Å². The molecule has 0 aliphatic carbocycles. The Labute approximate surface area is 210 Å². The Morgan fingerprint density at radius 3 is 2.45 bits per heavy atom. The summed E-state index contributed by atoms with van der Waals surface area (Å²) in [6, 6.07) is 12.0. The van der Waals surface area contributed by atoms with Gasteiger partial charge in [0.2, 0.25) is 5.91 Å². The summed E-state index contributed by atoms with van der Waals surface area (Å²) in [7, 11) is 0. The lowest BCUT2D eigenvalue weighted by Crippen LogP contribution is -2.45. The summed E-state index contributed by atoms with van der Waals surface area (Å²) in [5.41, 5.74) is 2.44. The number of benzene rings is 2. The molecule has 0 fully saturated rings. The number of halogens is 2. The molecule has 2 aromatic carbocycles. The van der Waals surface area contributed by atoms with Gasteiger partial charge in [-0.3, -0.25) is 4.79 Å². The summed E-state index contributed by atoms with van der Waals surface area (Å²) in [4.78, 5) is 29.5. The highest BCUT2D eigenvalue weighted by Gasteiger charge is 2.24. The van der Waals surface area contributed by atoms with Crippen LogP contribution in [0.4, 0.5) is 9.93 Å². The van der Waals surface area contributed by atoms with Crippen molar-refractivity contribution in [2.45, 2.75) is 26.0 Å². The molecule has 0 radical (unpaired) electrons. The predicted molar refractivity (Wildman–Crippen MR) is 136 cm³/mol. The van der Waals surface area contributed by atoms with Crippen LogP contribution in [-0.2, 0) is 22.6 Å². The van der Waals surface area contributed by atoms with Gasteiger partial charge in [0.25, 0.3) is 0 Å². The molecule has 0 saturated heterocycles. The van der Waals surface area contributed by atoms with Crippen molar-refractivity contribution in [2.24, 2.45) is 0 Å². The fraction of sp³-hybridized carbons (Fsp3) is 0.190. The largest absolute Gasteiger partial charge is 0.506 e. The Morgan fingerprint density at radius 1 is 1.16 bits per heavy atom. The number of aromatic nitrogens is 1. The highest BCUT2D eigenvalue weighted by Crippen LogP contribution is 2.28. The molecule has 0 spiro atoms. The van der Waals surface area contributed by atoms with Crippen molar-refractivity contribution < 1.29 is 19.4 Å². The molecule has 1 atom stereocenters. The summed E-state index contributed by atoms with van der Waals surface area (Å²) in [6.07, 6.45) is -0.467. The molecule has 3 rings (SSSR count). The van der Waals surface area contributed by atoms with Gasteiger partial charge >= 0.3 is 6.09 Å². The minimum Gasteiger partial charge on any atom is -0.506 e. The number of hydrogen-bond donors (Lipinski definition) is 3. The quantitative estimate of drug-likeness (QED) is 0.315. The molecule has 0 aliphatic heterocycles. The summed E-state index contributed by atoms with van der Waals surface area (Å²) in [6.45, 7) is 1.94. The minimum atomic E-state index is -0.886. The van der Waals surface area contributed by atoms with E-state index >= 15 is 0 Å². The lowest BCUT2D eigenvalue weighted by atomic mass is 10.1. The normalized spacial score (nSPS) is 11.6. The number of carbonyl (C=O) groups is 2. The Bertz CT molecular complexity index is 1050. The van der Waals surface area contributed by atoms with E-state index in [1.807, 2.05) is 87.8 Å². The number of aryl methyl sites for hydroxylation is 1. The maximum absolute atomic E-state index is 12.9. The van der Waals surface area contributed by atoms with Crippen molar-refractivity contribution in [1.29, 1.82) is 0 Å². The first-order valence-electron chi connectivity index (χ1n) is 9.19. The molecule has 3 aromatic rings. The number of amides is 2. The van der Waals surface area contributed by atoms with E-state index in [2.05, 4.69) is 15.6 Å². The second kappa shape index (κ2) is 11.1. The number of anilines is 1. The minimum absolute atomic E-state index is 0.0989. The number of nitrogens with zero attached hydrogens (tertiary/aromatic N) is 1. The average Bonchev–Trinajstić information content (AvgIpc) is 3.15. The molecule has 1 heterocycles. The molecule has 0 saturated carbocycles. The Balaban J connectivity index is 1.72. The molecule has 2 amide bonds. The van der Waals surface area contributed by atoms with Crippen molar-refractivity contribution in [3.8, 4) is 5.75 Å². The first-order valence-corrected chi connectivity index (χ1v) is 12.2. The van der Waals surface area contributed by atoms with Crippen molar-refractivity contribution in [2.75, 3.05) is 5.32 Å². The number of hydrogen-bond acceptors (Lipinski definition) is 6. The Morgan fingerprint density at radius 2 is 1.84 bits per heavy atom. The van der Waals surface area contributed by atoms with Gasteiger partial charge in [0.05, 0.1) is 12.8 Å². The number of phenols is 1. The molecule has 3 N–H and O–H groups in total. The maximum Gasteiger partial charge on any atom is 0.408 e. The summed E-state index contributed by atoms with van der Waals surface area (Å²) < 4.78 is 6.62. The lowest BCUT2D eigenvalue weighted by Gasteiger charge is -2.18. The molecule has 31 heavy (non-hydrogen) atoms. The van der Waals surface area contributed by atoms with E-state index in [4.69, 9.17) is 4.74 Å². The first kappa shape index (κ1) is 23.7. The summed E-state index contributed by atoms with van der Waals surface area (Å²) in [5, 5.41) is 17.7. The number of nitrogens with one attached hydrogen (secondary N) is 2. The fourth-order valence-electron chi connectivity index (χ4n) is 2.69. The lowest BCUT2D eigenvalue weighted by molar-refractivity contribution is -0.118. The molecule has 0 bridgehead atoms. The average molecular weight is 663 g/mol. The standard InChI is InChI=1S/C21H19I2N3O4S/c1-12-11-31-20(24-12)26-19(28)17(9-14-7-15(22)18(27)16(23)8-14)25-21(29)30-10-13-5-3-2-4-6-13/h2-8,11,17,27H,9-10H2,1H3,(H,25,29)(H,24,26,28)/t17-/m0/s1. The number of phenolic OH excluding ortho intramolecular Hbond substituents is 1. The van der Waals surface area contributed by atoms with E-state index in [0.717, 1.165) is 16.8 Å². The third-order valence-electron chi connectivity index (χ3n) is 4.19. The second-order valence-corrected chi connectivity index (χ2v) is 9.84. The summed E-state index contributed by atoms with van der Waals surface area (Å²) in [5.74, 6) is -0.205. The van der Waals surface area contributed by atoms with Gasteiger partial charge in [-0.2, -0.15) is 0 Å². The highest BCUT2D eigenvalue weighted by atomic mass is 127. The van der Waals surface area contributed by atoms with Crippen molar-refractivity contribution in [3.63, 3.8) is 0 Å². The van der Waals surface area contributed by atoms with Gasteiger partial charge < -0.3 is 20.5 Å². The van der Waals surface area contributed by atoms with Gasteiger partial charge in [-0.25, -0.2) is 9.78 Å². The van der Waals surface area contributed by atoms with Crippen LogP contribution in [-0.4, -0.2) is 28.1 Å². The molecule has 10 heteroatoms. The van der Waals surface area contributed by atoms with Gasteiger partial charge in [-0.15, -0.1) is 11.3 Å². The van der Waals surface area contributed by atoms with Crippen molar-refractivity contribution >= 4 is 73.7 Å². The van der Waals surface area contributed by atoms with E-state index in [1.54, 1.807) is 12.1 Å². The number of carbonyl (C=O) groups excluding carboxylic acids is 2. The van der Waals surface area contributed by atoms with Crippen LogP contribution >= 0.6 is 56.5 Å². The third kappa shape index (κ3) is 7.04. The molecule has 7 nitrogen and oxygen atoms in total. The van der Waals surface area contributed by atoms with Crippen LogP contribution in [0.5, 0.6) is 5.75 Å². The van der Waals surface area contributed by atoms with E-state index < -0.39 is 18.0 Å². The van der Waals surface area contributed by atoms with Crippen LogP contribution < -0.4 is 10.6 Å². The van der Waals surface area contributed by atoms with E-state index in [0.29, 0.717) is 12.3 Å². The van der Waals surface area contributed by atoms with Crippen molar-refractivity contribution in [3.05, 3.63) is 71.8 Å². The van der Waals surface area contributed by atoms with E-state index in [1.165, 1.54) is 11.3 Å². The summed E-state index contributed by atoms with van der Waals surface area (Å²) >= 11 is 5.37. The SMILES string of the molecule is Cc1csc(NC(=O)[C@H](Cc2cc(I)c(O)c(I)c2)NC(=O)OCc2ccccc2)n1. The zero-order valence-corrected chi connectivity index (χ0v) is 21.5. The van der Waals surface area contributed by atoms with Gasteiger partial charge in [0.15, 0.2) is 5.13 Å². The van der Waals surface area contributed by atoms with Crippen LogP contribution in [0.1, 0.15) is 16.8 Å². The number of ether oxygens (including phenoxy) is 1. The van der Waals surface area contributed by atoms with Crippen LogP contribution in [0.2, 0.25) is 0 Å². The number of thiazole rings is 1. The third-order valence-corrected chi connectivity index (χ3v) is 6.71. The topological polar surface area (TPSA) is 101 Å². The van der Waals surface area contributed by atoms with Gasteiger partial charge in [-0.1, -0.05) is 30.3 Å². The number of rotatable bonds is 7. The van der Waals surface area contributed by atoms with Gasteiger partial charge in [0.1, 0.15) is 18.4 Å². The monoisotopic (exact) mass is 663 g/mol. The Hall–Kier alpha value is -1.93. The molecule has 0 aliphatic rings. The number of alkyl carbamates (subject to hydrolysis) is 1. The predicted octanol–water partition coefficient (Wildman–Crippen LogP) is 4.84. The van der Waals surface area contributed by atoms with Crippen LogP contribution in [0.25, 0.3) is 0 Å². The van der Waals surface area contributed by atoms with Crippen LogP contribution in [0, 0.1) is 14.1 Å². The Kier molecular flexibility index (Phi) is 8.49. The van der Waals surface area contributed by atoms with Crippen LogP contribution in [0.15, 0.2) is 47.8 Å². The zero-order chi connectivity index (χ0) is 22.4. The molecule has 162 valence electrons. The molecule has 1 aromatic heterocycles. The van der Waals surface area contributed by atoms with Crippen LogP contribution in [0.3, 0.4) is 0 Å². The first-order chi connectivity index (χ1) is 14.8. The van der Waals surface area contributed by atoms with Crippen molar-refractivity contribution in [1.82, 2.24) is 10.3 Å². The zero-order valence-electron chi connectivity index (χ0n) is 16.4. The second-order valence-electron chi connectivity index (χ2n) is 6.65. The number of aromatic hydroxyl groups is 1. The highest BCUT2D eigenvalue weighted by molar-refractivity contribution is 14.1. The fourth-order valence-corrected chi connectivity index (χ4v) is 5.28.